The fourth-order valence-electron chi connectivity index (χ4n) is 3.10. The summed E-state index contributed by atoms with van der Waals surface area (Å²) in [6, 6.07) is 0.113. The van der Waals surface area contributed by atoms with Crippen LogP contribution in [0.25, 0.3) is 11.2 Å². The quantitative estimate of drug-likeness (QED) is 0.0869. The summed E-state index contributed by atoms with van der Waals surface area (Å²) in [7, 11) is 0. The van der Waals surface area contributed by atoms with Gasteiger partial charge in [0.1, 0.15) is 24.8 Å². The molecular weight excluding hydrogens is 552 g/mol. The smallest absolute Gasteiger partial charge is 0.328 e. The maximum absolute atomic E-state index is 12.5. The van der Waals surface area contributed by atoms with Gasteiger partial charge in [0.25, 0.3) is 0 Å². The van der Waals surface area contributed by atoms with Crippen LogP contribution in [0.1, 0.15) is 25.5 Å². The SMILES string of the molecule is CCCCOc1nc(N)c2[nH]c(=O)n(Cc3cn(CCOCOCOCOCOCOCOCOCO)nn3)c2n1. The molecule has 0 aliphatic rings. The summed E-state index contributed by atoms with van der Waals surface area (Å²) in [6.45, 7) is 2.61. The Morgan fingerprint density at radius 1 is 0.902 bits per heavy atom. The number of nitrogens with zero attached hydrogens (tertiary/aromatic N) is 6. The molecule has 41 heavy (non-hydrogen) atoms. The lowest BCUT2D eigenvalue weighted by atomic mass is 10.4. The van der Waals surface area contributed by atoms with Gasteiger partial charge in [-0.25, -0.2) is 9.48 Å². The highest BCUT2D eigenvalue weighted by Crippen LogP contribution is 2.18. The number of fused-ring (bicyclic) bond motifs is 1. The highest BCUT2D eigenvalue weighted by molar-refractivity contribution is 5.81. The number of nitrogens with two attached hydrogens (primary N) is 1. The average Bonchev–Trinajstić information content (AvgIpc) is 3.55. The number of hydrogen-bond donors (Lipinski definition) is 3. The molecular formula is C22H36N8O11. The van der Waals surface area contributed by atoms with Crippen molar-refractivity contribution in [1.29, 1.82) is 0 Å². The molecule has 0 aliphatic heterocycles. The zero-order valence-corrected chi connectivity index (χ0v) is 22.8. The van der Waals surface area contributed by atoms with Gasteiger partial charge in [-0.1, -0.05) is 18.6 Å². The summed E-state index contributed by atoms with van der Waals surface area (Å²) in [5, 5.41) is 16.6. The Bertz CT molecular complexity index is 1190. The van der Waals surface area contributed by atoms with Crippen LogP contribution >= 0.6 is 0 Å². The maximum Gasteiger partial charge on any atom is 0.328 e. The van der Waals surface area contributed by atoms with E-state index in [0.717, 1.165) is 12.8 Å². The number of H-pyrrole nitrogens is 1. The normalized spacial score (nSPS) is 11.6. The molecule has 19 heteroatoms. The van der Waals surface area contributed by atoms with Crippen LogP contribution in [-0.4, -0.2) is 107 Å². The molecule has 3 heterocycles. The molecule has 0 atom stereocenters. The third-order valence-corrected chi connectivity index (χ3v) is 4.99. The fourth-order valence-corrected chi connectivity index (χ4v) is 3.10. The summed E-state index contributed by atoms with van der Waals surface area (Å²) >= 11 is 0. The van der Waals surface area contributed by atoms with Gasteiger partial charge < -0.3 is 58.5 Å². The topological polar surface area (TPSA) is 224 Å². The second-order valence-electron chi connectivity index (χ2n) is 8.07. The van der Waals surface area contributed by atoms with E-state index in [1.807, 2.05) is 6.92 Å². The largest absolute Gasteiger partial charge is 0.463 e. The van der Waals surface area contributed by atoms with Crippen molar-refractivity contribution in [3.05, 3.63) is 22.4 Å². The van der Waals surface area contributed by atoms with E-state index >= 15 is 0 Å². The zero-order chi connectivity index (χ0) is 29.1. The number of nitrogen functional groups attached to an aromatic ring is 1. The number of aliphatic hydroxyl groups is 1. The minimum absolute atomic E-state index is 0.000407. The number of imidazole rings is 1. The van der Waals surface area contributed by atoms with Crippen LogP contribution in [0, 0.1) is 0 Å². The summed E-state index contributed by atoms with van der Waals surface area (Å²) in [5.41, 5.74) is 6.79. The minimum atomic E-state index is -0.423. The molecule has 230 valence electrons. The first kappa shape index (κ1) is 32.2. The molecule has 3 aromatic rings. The number of nitrogens with one attached hydrogen (secondary N) is 1. The molecule has 0 spiro atoms. The third-order valence-electron chi connectivity index (χ3n) is 4.99. The van der Waals surface area contributed by atoms with Gasteiger partial charge in [-0.15, -0.1) is 5.10 Å². The van der Waals surface area contributed by atoms with Crippen molar-refractivity contribution in [2.45, 2.75) is 32.9 Å². The molecule has 0 amide bonds. The monoisotopic (exact) mass is 588 g/mol. The van der Waals surface area contributed by atoms with Gasteiger partial charge >= 0.3 is 11.7 Å². The molecule has 0 unspecified atom stereocenters. The minimum Gasteiger partial charge on any atom is -0.463 e. The molecule has 0 saturated carbocycles. The van der Waals surface area contributed by atoms with Crippen molar-refractivity contribution in [1.82, 2.24) is 34.5 Å². The van der Waals surface area contributed by atoms with Gasteiger partial charge in [0, 0.05) is 0 Å². The van der Waals surface area contributed by atoms with Crippen LogP contribution in [0.5, 0.6) is 6.01 Å². The number of aliphatic hydroxyl groups excluding tert-OH is 1. The van der Waals surface area contributed by atoms with Crippen molar-refractivity contribution in [2.24, 2.45) is 0 Å². The molecule has 0 bridgehead atoms. The number of aromatic nitrogens is 7. The Balaban J connectivity index is 1.27. The van der Waals surface area contributed by atoms with E-state index in [1.165, 1.54) is 4.57 Å². The molecule has 0 saturated heterocycles. The molecule has 19 nitrogen and oxygen atoms in total. The van der Waals surface area contributed by atoms with Crippen LogP contribution in [0.15, 0.2) is 11.0 Å². The van der Waals surface area contributed by atoms with Crippen molar-refractivity contribution in [3.63, 3.8) is 0 Å². The summed E-state index contributed by atoms with van der Waals surface area (Å²) in [6.07, 6.45) is 3.50. The highest BCUT2D eigenvalue weighted by atomic mass is 16.8. The number of hydrogen-bond acceptors (Lipinski definition) is 16. The van der Waals surface area contributed by atoms with E-state index in [0.29, 0.717) is 36.6 Å². The van der Waals surface area contributed by atoms with Crippen LogP contribution in [0.2, 0.25) is 0 Å². The third kappa shape index (κ3) is 11.6. The second-order valence-corrected chi connectivity index (χ2v) is 8.07. The Kier molecular flexibility index (Phi) is 14.9. The maximum atomic E-state index is 12.5. The lowest BCUT2D eigenvalue weighted by Crippen LogP contribution is -2.18. The van der Waals surface area contributed by atoms with E-state index in [4.69, 9.17) is 48.7 Å². The number of unbranched alkanes of at least 4 members (excludes halogenated alkanes) is 1. The van der Waals surface area contributed by atoms with E-state index in [9.17, 15) is 4.79 Å². The van der Waals surface area contributed by atoms with E-state index in [2.05, 4.69) is 30.0 Å². The standard InChI is InChI=1S/C22H36N8O11/c1-2-3-5-41-21-25-19(23)18-20(26-21)30(22(32)24-18)8-17-7-29(28-27-17)4-6-33-10-35-12-37-14-39-16-40-15-38-13-36-11-34-9-31/h7,31H,2-6,8-16H2,1H3,(H,24,32)(H2,23,25,26). The Morgan fingerprint density at radius 2 is 1.54 bits per heavy atom. The Morgan fingerprint density at radius 3 is 2.17 bits per heavy atom. The van der Waals surface area contributed by atoms with Crippen molar-refractivity contribution in [2.75, 3.05) is 73.3 Å². The predicted molar refractivity (Wildman–Crippen MR) is 137 cm³/mol. The summed E-state index contributed by atoms with van der Waals surface area (Å²) in [5.74, 6) is 0.128. The lowest BCUT2D eigenvalue weighted by molar-refractivity contribution is -0.224. The second kappa shape index (κ2) is 19.0. The highest BCUT2D eigenvalue weighted by Gasteiger charge is 2.16. The summed E-state index contributed by atoms with van der Waals surface area (Å²) < 4.78 is 48.6. The van der Waals surface area contributed by atoms with Gasteiger partial charge in [-0.3, -0.25) is 4.57 Å². The number of aromatic amines is 1. The van der Waals surface area contributed by atoms with Gasteiger partial charge in [0.15, 0.2) is 52.2 Å². The van der Waals surface area contributed by atoms with Gasteiger partial charge in [0.2, 0.25) is 0 Å². The van der Waals surface area contributed by atoms with E-state index in [-0.39, 0.29) is 65.9 Å². The fraction of sp³-hybridized carbons (Fsp3) is 0.682. The molecule has 0 radical (unpaired) electrons. The van der Waals surface area contributed by atoms with Crippen LogP contribution in [0.3, 0.4) is 0 Å². The van der Waals surface area contributed by atoms with Crippen molar-refractivity contribution in [3.8, 4) is 6.01 Å². The van der Waals surface area contributed by atoms with Gasteiger partial charge in [0.05, 0.1) is 32.5 Å². The first-order chi connectivity index (χ1) is 20.1. The van der Waals surface area contributed by atoms with E-state index in [1.54, 1.807) is 10.9 Å². The Labute approximate surface area is 234 Å². The zero-order valence-electron chi connectivity index (χ0n) is 22.8. The number of anilines is 1. The number of rotatable bonds is 24. The Hall–Kier alpha value is -3.27. The van der Waals surface area contributed by atoms with Crippen molar-refractivity contribution < 1.29 is 47.7 Å². The molecule has 0 fully saturated rings. The molecule has 0 aliphatic carbocycles. The average molecular weight is 589 g/mol. The first-order valence-corrected chi connectivity index (χ1v) is 12.6. The van der Waals surface area contributed by atoms with Crippen molar-refractivity contribution >= 4 is 17.0 Å². The van der Waals surface area contributed by atoms with Crippen LogP contribution < -0.4 is 16.2 Å². The van der Waals surface area contributed by atoms with E-state index < -0.39 is 12.5 Å². The lowest BCUT2D eigenvalue weighted by Gasteiger charge is -2.08. The first-order valence-electron chi connectivity index (χ1n) is 12.6. The van der Waals surface area contributed by atoms with Gasteiger partial charge in [-0.05, 0) is 6.42 Å². The molecule has 3 aromatic heterocycles. The van der Waals surface area contributed by atoms with Gasteiger partial charge in [-0.2, -0.15) is 9.97 Å². The molecule has 3 rings (SSSR count). The molecule has 0 aromatic carbocycles. The van der Waals surface area contributed by atoms with Crippen LogP contribution in [0.4, 0.5) is 5.82 Å². The molecule has 4 N–H and O–H groups in total. The van der Waals surface area contributed by atoms with Crippen LogP contribution in [-0.2, 0) is 51.0 Å². The summed E-state index contributed by atoms with van der Waals surface area (Å²) in [4.78, 5) is 23.7. The predicted octanol–water partition coefficient (Wildman–Crippen LogP) is -0.694. The number of ether oxygens (including phenoxy) is 9.